The number of thioether (sulfide) groups is 1. The Balaban J connectivity index is 1.34. The van der Waals surface area contributed by atoms with Crippen molar-refractivity contribution in [1.82, 2.24) is 5.32 Å². The van der Waals surface area contributed by atoms with Gasteiger partial charge in [-0.1, -0.05) is 41.9 Å². The highest BCUT2D eigenvalue weighted by molar-refractivity contribution is 9.10. The quantitative estimate of drug-likeness (QED) is 0.135. The number of hydrogen-bond acceptors (Lipinski definition) is 7. The Morgan fingerprint density at radius 2 is 1.67 bits per heavy atom. The first-order valence-electron chi connectivity index (χ1n) is 13.9. The molecule has 0 aromatic heterocycles. The molecule has 1 fully saturated rings. The van der Waals surface area contributed by atoms with Crippen LogP contribution in [0.5, 0.6) is 11.5 Å². The van der Waals surface area contributed by atoms with Crippen LogP contribution in [0.3, 0.4) is 0 Å². The Kier molecular flexibility index (Phi) is 10.5. The molecule has 1 aliphatic rings. The van der Waals surface area contributed by atoms with E-state index in [1.54, 1.807) is 98.1 Å². The van der Waals surface area contributed by atoms with Gasteiger partial charge in [0.2, 0.25) is 11.8 Å². The molecule has 0 spiro atoms. The van der Waals surface area contributed by atoms with E-state index in [1.807, 2.05) is 0 Å². The van der Waals surface area contributed by atoms with Gasteiger partial charge in [-0.2, -0.15) is 0 Å². The summed E-state index contributed by atoms with van der Waals surface area (Å²) < 4.78 is 11.1. The number of imide groups is 1. The normalized spacial score (nSPS) is 14.7. The van der Waals surface area contributed by atoms with Crippen molar-refractivity contribution < 1.29 is 28.7 Å². The van der Waals surface area contributed by atoms with Crippen LogP contribution in [0, 0.1) is 0 Å². The predicted molar refractivity (Wildman–Crippen MR) is 182 cm³/mol. The molecule has 46 heavy (non-hydrogen) atoms. The van der Waals surface area contributed by atoms with E-state index in [2.05, 4.69) is 26.6 Å². The smallest absolute Gasteiger partial charge is 0.272 e. The first-order chi connectivity index (χ1) is 22.2. The maximum atomic E-state index is 13.6. The summed E-state index contributed by atoms with van der Waals surface area (Å²) in [7, 11) is 3.03. The molecule has 0 aliphatic carbocycles. The molecule has 1 aliphatic heterocycles. The van der Waals surface area contributed by atoms with Crippen molar-refractivity contribution in [2.24, 2.45) is 0 Å². The molecule has 0 bridgehead atoms. The summed E-state index contributed by atoms with van der Waals surface area (Å²) in [5, 5.41) is 5.16. The van der Waals surface area contributed by atoms with Crippen molar-refractivity contribution in [2.45, 2.75) is 16.6 Å². The van der Waals surface area contributed by atoms with Gasteiger partial charge in [0.15, 0.2) is 0 Å². The topological polar surface area (TPSA) is 114 Å². The summed E-state index contributed by atoms with van der Waals surface area (Å²) in [6.45, 7) is 0. The second kappa shape index (κ2) is 14.7. The van der Waals surface area contributed by atoms with Gasteiger partial charge >= 0.3 is 0 Å². The van der Waals surface area contributed by atoms with Crippen molar-refractivity contribution in [3.8, 4) is 11.5 Å². The number of halogens is 2. The van der Waals surface area contributed by atoms with E-state index in [9.17, 15) is 19.2 Å². The first-order valence-corrected chi connectivity index (χ1v) is 15.9. The summed E-state index contributed by atoms with van der Waals surface area (Å²) in [4.78, 5) is 54.5. The lowest BCUT2D eigenvalue weighted by atomic mass is 10.1. The number of methoxy groups -OCH3 is 2. The molecule has 5 rings (SSSR count). The number of ether oxygens (including phenoxy) is 2. The van der Waals surface area contributed by atoms with Crippen molar-refractivity contribution in [3.63, 3.8) is 0 Å². The number of carbonyl (C=O) groups is 4. The van der Waals surface area contributed by atoms with Gasteiger partial charge in [0.1, 0.15) is 17.2 Å². The number of amides is 4. The van der Waals surface area contributed by atoms with E-state index in [0.717, 1.165) is 4.90 Å². The molecule has 1 atom stereocenters. The van der Waals surface area contributed by atoms with Gasteiger partial charge in [0.05, 0.1) is 34.7 Å². The van der Waals surface area contributed by atoms with Crippen LogP contribution in [0.4, 0.5) is 11.4 Å². The zero-order valence-electron chi connectivity index (χ0n) is 24.6. The molecule has 12 heteroatoms. The summed E-state index contributed by atoms with van der Waals surface area (Å²) in [6.07, 6.45) is 1.56. The fraction of sp³-hybridized carbons (Fsp3) is 0.118. The van der Waals surface area contributed by atoms with Gasteiger partial charge in [0, 0.05) is 22.6 Å². The zero-order chi connectivity index (χ0) is 32.8. The van der Waals surface area contributed by atoms with Gasteiger partial charge in [-0.25, -0.2) is 4.90 Å². The Morgan fingerprint density at radius 3 is 2.37 bits per heavy atom. The van der Waals surface area contributed by atoms with Crippen molar-refractivity contribution in [2.75, 3.05) is 24.4 Å². The lowest BCUT2D eigenvalue weighted by molar-refractivity contribution is -0.121. The number of anilines is 2. The van der Waals surface area contributed by atoms with Crippen LogP contribution in [-0.2, 0) is 14.4 Å². The first kappa shape index (κ1) is 32.8. The van der Waals surface area contributed by atoms with E-state index in [0.29, 0.717) is 43.4 Å². The minimum Gasteiger partial charge on any atom is -0.496 e. The van der Waals surface area contributed by atoms with Crippen LogP contribution in [-0.4, -0.2) is 43.1 Å². The fourth-order valence-corrected chi connectivity index (χ4v) is 6.58. The maximum absolute atomic E-state index is 13.6. The Labute approximate surface area is 283 Å². The standard InChI is InChI=1S/C34H27BrClN3O6S/c1-44-28-13-11-20(15-25(28)35)16-27(38-32(41)21-7-4-3-5-8-21)33(42)37-22-9-6-10-24(17-22)46-30-19-31(40)39(34(30)43)23-12-14-29(45-2)26(36)18-23/h3-18,30H,19H2,1-2H3,(H,37,42)(H,38,41). The van der Waals surface area contributed by atoms with E-state index in [4.69, 9.17) is 21.1 Å². The Bertz CT molecular complexity index is 1850. The molecule has 2 N–H and O–H groups in total. The van der Waals surface area contributed by atoms with Crippen LogP contribution in [0.2, 0.25) is 5.02 Å². The van der Waals surface area contributed by atoms with Crippen molar-refractivity contribution >= 4 is 80.4 Å². The zero-order valence-corrected chi connectivity index (χ0v) is 27.7. The minimum atomic E-state index is -0.673. The molecule has 4 aromatic rings. The molecular weight excluding hydrogens is 694 g/mol. The van der Waals surface area contributed by atoms with Crippen LogP contribution < -0.4 is 25.0 Å². The molecule has 1 saturated heterocycles. The second-order valence-electron chi connectivity index (χ2n) is 9.95. The van der Waals surface area contributed by atoms with Gasteiger partial charge in [0.25, 0.3) is 11.8 Å². The summed E-state index contributed by atoms with van der Waals surface area (Å²) >= 11 is 10.9. The molecule has 234 valence electrons. The summed E-state index contributed by atoms with van der Waals surface area (Å²) in [6, 6.07) is 25.4. The average molecular weight is 721 g/mol. The molecular formula is C34H27BrClN3O6S. The largest absolute Gasteiger partial charge is 0.496 e. The summed E-state index contributed by atoms with van der Waals surface area (Å²) in [5.41, 5.74) is 1.83. The third-order valence-electron chi connectivity index (χ3n) is 6.88. The number of nitrogens with one attached hydrogen (secondary N) is 2. The molecule has 4 aromatic carbocycles. The van der Waals surface area contributed by atoms with Crippen molar-refractivity contribution in [1.29, 1.82) is 0 Å². The lowest BCUT2D eigenvalue weighted by Crippen LogP contribution is -2.31. The molecule has 1 unspecified atom stereocenters. The monoisotopic (exact) mass is 719 g/mol. The van der Waals surface area contributed by atoms with E-state index in [-0.39, 0.29) is 29.0 Å². The Morgan fingerprint density at radius 1 is 0.935 bits per heavy atom. The average Bonchev–Trinajstić information content (AvgIpc) is 3.32. The highest BCUT2D eigenvalue weighted by Crippen LogP contribution is 2.37. The summed E-state index contributed by atoms with van der Waals surface area (Å²) in [5.74, 6) is -0.681. The predicted octanol–water partition coefficient (Wildman–Crippen LogP) is 6.95. The van der Waals surface area contributed by atoms with E-state index < -0.39 is 17.1 Å². The van der Waals surface area contributed by atoms with Crippen LogP contribution >= 0.6 is 39.3 Å². The fourth-order valence-electron chi connectivity index (χ4n) is 4.65. The maximum Gasteiger partial charge on any atom is 0.272 e. The Hall–Kier alpha value is -4.58. The highest BCUT2D eigenvalue weighted by Gasteiger charge is 2.40. The van der Waals surface area contributed by atoms with Crippen molar-refractivity contribution in [3.05, 3.63) is 117 Å². The van der Waals surface area contributed by atoms with Gasteiger partial charge in [-0.3, -0.25) is 19.2 Å². The minimum absolute atomic E-state index is 0.000437. The molecule has 0 saturated carbocycles. The highest BCUT2D eigenvalue weighted by atomic mass is 79.9. The number of carbonyl (C=O) groups excluding carboxylic acids is 4. The molecule has 9 nitrogen and oxygen atoms in total. The van der Waals surface area contributed by atoms with Crippen LogP contribution in [0.1, 0.15) is 22.3 Å². The van der Waals surface area contributed by atoms with E-state index in [1.165, 1.54) is 24.9 Å². The van der Waals surface area contributed by atoms with E-state index >= 15 is 0 Å². The number of hydrogen-bond donors (Lipinski definition) is 2. The van der Waals surface area contributed by atoms with Crippen LogP contribution in [0.15, 0.2) is 106 Å². The number of benzene rings is 4. The van der Waals surface area contributed by atoms with Gasteiger partial charge in [-0.05, 0) is 88.2 Å². The third kappa shape index (κ3) is 7.61. The molecule has 0 radical (unpaired) electrons. The lowest BCUT2D eigenvalue weighted by Gasteiger charge is -2.16. The number of nitrogens with zero attached hydrogens (tertiary/aromatic N) is 1. The van der Waals surface area contributed by atoms with Gasteiger partial charge in [-0.15, -0.1) is 11.8 Å². The van der Waals surface area contributed by atoms with Crippen LogP contribution in [0.25, 0.3) is 6.08 Å². The second-order valence-corrected chi connectivity index (χ2v) is 12.5. The molecule has 1 heterocycles. The van der Waals surface area contributed by atoms with Gasteiger partial charge < -0.3 is 20.1 Å². The SMILES string of the molecule is COc1ccc(N2C(=O)CC(Sc3cccc(NC(=O)C(=Cc4ccc(OC)c(Br)c4)NC(=O)c4ccccc4)c3)C2=O)cc1Cl. The third-order valence-corrected chi connectivity index (χ3v) is 8.98. The number of rotatable bonds is 10. The molecule has 4 amide bonds.